The Morgan fingerprint density at radius 2 is 2.00 bits per heavy atom. The minimum atomic E-state index is -0.393. The van der Waals surface area contributed by atoms with Crippen molar-refractivity contribution >= 4 is 11.9 Å². The van der Waals surface area contributed by atoms with E-state index in [0.717, 1.165) is 31.2 Å². The number of nitrogens with zero attached hydrogens (tertiary/aromatic N) is 1. The summed E-state index contributed by atoms with van der Waals surface area (Å²) in [5.41, 5.74) is 0.681. The van der Waals surface area contributed by atoms with Crippen LogP contribution in [0.2, 0.25) is 0 Å². The first-order valence-electron chi connectivity index (χ1n) is 7.72. The maximum Gasteiger partial charge on any atom is 0.328 e. The molecule has 0 N–H and O–H groups in total. The molecule has 1 saturated heterocycles. The molecule has 1 aromatic rings. The van der Waals surface area contributed by atoms with Crippen LogP contribution in [0.25, 0.3) is 0 Å². The lowest BCUT2D eigenvalue weighted by atomic mass is 9.94. The Balaban J connectivity index is 1.80. The molecule has 3 rings (SSSR count). The van der Waals surface area contributed by atoms with Gasteiger partial charge in [0.05, 0.1) is 12.0 Å². The fourth-order valence-corrected chi connectivity index (χ4v) is 3.28. The first kappa shape index (κ1) is 14.1. The topological polar surface area (TPSA) is 46.6 Å². The van der Waals surface area contributed by atoms with Crippen molar-refractivity contribution in [2.45, 2.75) is 44.1 Å². The maximum atomic E-state index is 13.0. The average Bonchev–Trinajstić information content (AvgIpc) is 3.18. The largest absolute Gasteiger partial charge is 0.464 e. The Kier molecular flexibility index (Phi) is 3.70. The molecule has 0 radical (unpaired) electrons. The molecule has 2 fully saturated rings. The van der Waals surface area contributed by atoms with Crippen LogP contribution < -0.4 is 0 Å². The fraction of sp³-hybridized carbons (Fsp3) is 0.529. The monoisotopic (exact) mass is 287 g/mol. The van der Waals surface area contributed by atoms with Crippen LogP contribution >= 0.6 is 0 Å². The van der Waals surface area contributed by atoms with Crippen molar-refractivity contribution in [3.05, 3.63) is 35.9 Å². The number of likely N-dealkylation sites (tertiary alicyclic amines) is 1. The van der Waals surface area contributed by atoms with Gasteiger partial charge in [-0.2, -0.15) is 0 Å². The van der Waals surface area contributed by atoms with Crippen LogP contribution in [0.1, 0.15) is 38.2 Å². The standard InChI is InChI=1S/C17H21NO3/c1-2-21-15(19)14-9-6-12-18(14)16(20)17(10-11-17)13-7-4-3-5-8-13/h3-5,7-8,14H,2,6,9-12H2,1H3. The molecule has 21 heavy (non-hydrogen) atoms. The van der Waals surface area contributed by atoms with E-state index >= 15 is 0 Å². The lowest BCUT2D eigenvalue weighted by Crippen LogP contribution is -2.46. The van der Waals surface area contributed by atoms with Crippen LogP contribution in [0.5, 0.6) is 0 Å². The second-order valence-electron chi connectivity index (χ2n) is 5.86. The van der Waals surface area contributed by atoms with Crippen molar-refractivity contribution in [3.8, 4) is 0 Å². The van der Waals surface area contributed by atoms with Gasteiger partial charge in [-0.15, -0.1) is 0 Å². The lowest BCUT2D eigenvalue weighted by Gasteiger charge is -2.28. The molecule has 4 nitrogen and oxygen atoms in total. The summed E-state index contributed by atoms with van der Waals surface area (Å²) in [5.74, 6) is -0.156. The summed E-state index contributed by atoms with van der Waals surface area (Å²) >= 11 is 0. The van der Waals surface area contributed by atoms with E-state index in [4.69, 9.17) is 4.74 Å². The summed E-state index contributed by atoms with van der Waals surface area (Å²) in [6.07, 6.45) is 3.35. The summed E-state index contributed by atoms with van der Waals surface area (Å²) in [6.45, 7) is 2.82. The van der Waals surface area contributed by atoms with Gasteiger partial charge in [0.2, 0.25) is 5.91 Å². The lowest BCUT2D eigenvalue weighted by molar-refractivity contribution is -0.153. The second-order valence-corrected chi connectivity index (χ2v) is 5.86. The Morgan fingerprint density at radius 1 is 1.29 bits per heavy atom. The Labute approximate surface area is 125 Å². The van der Waals surface area contributed by atoms with Gasteiger partial charge >= 0.3 is 5.97 Å². The number of carbonyl (C=O) groups is 2. The van der Waals surface area contributed by atoms with Gasteiger partial charge in [-0.25, -0.2) is 4.79 Å². The van der Waals surface area contributed by atoms with Crippen LogP contribution in [-0.2, 0) is 19.7 Å². The summed E-state index contributed by atoms with van der Waals surface area (Å²) in [5, 5.41) is 0. The van der Waals surface area contributed by atoms with E-state index in [0.29, 0.717) is 13.2 Å². The highest BCUT2D eigenvalue weighted by Gasteiger charge is 2.55. The van der Waals surface area contributed by atoms with Crippen LogP contribution in [0.3, 0.4) is 0 Å². The normalized spacial score (nSPS) is 22.9. The third kappa shape index (κ3) is 2.43. The zero-order valence-electron chi connectivity index (χ0n) is 12.4. The molecule has 0 aromatic heterocycles. The van der Waals surface area contributed by atoms with Crippen molar-refractivity contribution in [3.63, 3.8) is 0 Å². The number of esters is 1. The van der Waals surface area contributed by atoms with Gasteiger partial charge in [0.1, 0.15) is 6.04 Å². The number of hydrogen-bond donors (Lipinski definition) is 0. The molecule has 1 aliphatic carbocycles. The average molecular weight is 287 g/mol. The molecule has 1 aromatic carbocycles. The predicted molar refractivity (Wildman–Crippen MR) is 78.7 cm³/mol. The first-order valence-corrected chi connectivity index (χ1v) is 7.72. The third-order valence-electron chi connectivity index (χ3n) is 4.56. The third-order valence-corrected chi connectivity index (χ3v) is 4.56. The van der Waals surface area contributed by atoms with Gasteiger partial charge in [0, 0.05) is 6.54 Å². The van der Waals surface area contributed by atoms with Crippen molar-refractivity contribution in [2.24, 2.45) is 0 Å². The van der Waals surface area contributed by atoms with E-state index in [1.54, 1.807) is 11.8 Å². The van der Waals surface area contributed by atoms with Gasteiger partial charge in [-0.3, -0.25) is 4.79 Å². The molecular formula is C17H21NO3. The Hall–Kier alpha value is -1.84. The van der Waals surface area contributed by atoms with Crippen molar-refractivity contribution in [1.29, 1.82) is 0 Å². The zero-order chi connectivity index (χ0) is 14.9. The van der Waals surface area contributed by atoms with Crippen molar-refractivity contribution in [1.82, 2.24) is 4.90 Å². The molecule has 1 amide bonds. The Morgan fingerprint density at radius 3 is 2.62 bits per heavy atom. The quantitative estimate of drug-likeness (QED) is 0.798. The summed E-state index contributed by atoms with van der Waals surface area (Å²) < 4.78 is 5.11. The molecule has 112 valence electrons. The molecule has 1 heterocycles. The molecule has 1 aliphatic heterocycles. The van der Waals surface area contributed by atoms with E-state index in [1.807, 2.05) is 30.3 Å². The summed E-state index contributed by atoms with van der Waals surface area (Å²) in [7, 11) is 0. The molecule has 0 spiro atoms. The fourth-order valence-electron chi connectivity index (χ4n) is 3.28. The van der Waals surface area contributed by atoms with E-state index in [2.05, 4.69) is 0 Å². The molecule has 1 atom stereocenters. The summed E-state index contributed by atoms with van der Waals surface area (Å²) in [4.78, 5) is 26.7. The van der Waals surface area contributed by atoms with Gasteiger partial charge in [0.15, 0.2) is 0 Å². The minimum Gasteiger partial charge on any atom is -0.464 e. The minimum absolute atomic E-state index is 0.101. The number of hydrogen-bond acceptors (Lipinski definition) is 3. The molecule has 1 saturated carbocycles. The number of ether oxygens (including phenoxy) is 1. The zero-order valence-corrected chi connectivity index (χ0v) is 12.4. The van der Waals surface area contributed by atoms with Crippen molar-refractivity contribution in [2.75, 3.05) is 13.2 Å². The second kappa shape index (κ2) is 5.51. The van der Waals surface area contributed by atoms with Gasteiger partial charge < -0.3 is 9.64 Å². The van der Waals surface area contributed by atoms with E-state index in [9.17, 15) is 9.59 Å². The van der Waals surface area contributed by atoms with Gasteiger partial charge in [0.25, 0.3) is 0 Å². The molecule has 0 bridgehead atoms. The maximum absolute atomic E-state index is 13.0. The summed E-state index contributed by atoms with van der Waals surface area (Å²) in [6, 6.07) is 9.53. The molecule has 4 heteroatoms. The van der Waals surface area contributed by atoms with E-state index in [-0.39, 0.29) is 11.9 Å². The SMILES string of the molecule is CCOC(=O)C1CCCN1C(=O)C1(c2ccccc2)CC1. The highest BCUT2D eigenvalue weighted by Crippen LogP contribution is 2.50. The number of carbonyl (C=O) groups excluding carboxylic acids is 2. The number of benzene rings is 1. The highest BCUT2D eigenvalue weighted by atomic mass is 16.5. The van der Waals surface area contributed by atoms with Crippen LogP contribution in [0.15, 0.2) is 30.3 Å². The van der Waals surface area contributed by atoms with Crippen LogP contribution in [0, 0.1) is 0 Å². The van der Waals surface area contributed by atoms with Crippen molar-refractivity contribution < 1.29 is 14.3 Å². The Bertz CT molecular complexity index is 536. The molecular weight excluding hydrogens is 266 g/mol. The number of rotatable bonds is 4. The van der Waals surface area contributed by atoms with E-state index < -0.39 is 11.5 Å². The number of amides is 1. The molecule has 2 aliphatic rings. The predicted octanol–water partition coefficient (Wildman–Crippen LogP) is 2.27. The van der Waals surface area contributed by atoms with E-state index in [1.165, 1.54) is 0 Å². The van der Waals surface area contributed by atoms with Gasteiger partial charge in [-0.05, 0) is 38.2 Å². The molecule has 1 unspecified atom stereocenters. The van der Waals surface area contributed by atoms with Crippen LogP contribution in [0.4, 0.5) is 0 Å². The van der Waals surface area contributed by atoms with Gasteiger partial charge in [-0.1, -0.05) is 30.3 Å². The van der Waals surface area contributed by atoms with Crippen LogP contribution in [-0.4, -0.2) is 36.0 Å². The smallest absolute Gasteiger partial charge is 0.328 e. The first-order chi connectivity index (χ1) is 10.2. The highest BCUT2D eigenvalue weighted by molar-refractivity contribution is 5.94.